The summed E-state index contributed by atoms with van der Waals surface area (Å²) in [5.74, 6) is -0.0352. The summed E-state index contributed by atoms with van der Waals surface area (Å²) >= 11 is 1.54. The molecule has 0 unspecified atom stereocenters. The molecule has 0 radical (unpaired) electrons. The minimum Gasteiger partial charge on any atom is -0.495 e. The lowest BCUT2D eigenvalue weighted by Crippen LogP contribution is -2.22. The highest BCUT2D eigenvalue weighted by molar-refractivity contribution is 7.89. The third-order valence-corrected chi connectivity index (χ3v) is 7.64. The van der Waals surface area contributed by atoms with E-state index in [2.05, 4.69) is 10.3 Å². The Labute approximate surface area is 190 Å². The van der Waals surface area contributed by atoms with Crippen molar-refractivity contribution in [1.29, 1.82) is 0 Å². The van der Waals surface area contributed by atoms with Crippen molar-refractivity contribution in [3.8, 4) is 16.3 Å². The van der Waals surface area contributed by atoms with E-state index in [1.807, 2.05) is 41.8 Å². The summed E-state index contributed by atoms with van der Waals surface area (Å²) in [6.45, 7) is 0. The number of benzene rings is 2. The van der Waals surface area contributed by atoms with E-state index in [0.29, 0.717) is 27.9 Å². The van der Waals surface area contributed by atoms with Gasteiger partial charge < -0.3 is 10.1 Å². The average molecular weight is 468 g/mol. The molecule has 164 valence electrons. The SMILES string of the molecule is COc1ccc(S(=O)(=O)N(C)C)cc1NC(=O)c1cc(-c2cccs2)nc2ccccc12. The van der Waals surface area contributed by atoms with Crippen LogP contribution in [0.1, 0.15) is 10.4 Å². The van der Waals surface area contributed by atoms with Crippen LogP contribution in [0.25, 0.3) is 21.5 Å². The molecule has 0 aliphatic heterocycles. The summed E-state index contributed by atoms with van der Waals surface area (Å²) in [5, 5.41) is 5.47. The van der Waals surface area contributed by atoms with Crippen LogP contribution in [0, 0.1) is 0 Å². The number of aromatic nitrogens is 1. The van der Waals surface area contributed by atoms with Crippen molar-refractivity contribution in [2.24, 2.45) is 0 Å². The van der Waals surface area contributed by atoms with Crippen molar-refractivity contribution in [3.63, 3.8) is 0 Å². The predicted octanol–water partition coefficient (Wildman–Crippen LogP) is 4.47. The molecule has 4 aromatic rings. The van der Waals surface area contributed by atoms with Gasteiger partial charge in [0, 0.05) is 19.5 Å². The molecule has 0 saturated carbocycles. The molecule has 9 heteroatoms. The fourth-order valence-electron chi connectivity index (χ4n) is 3.26. The first-order chi connectivity index (χ1) is 15.3. The van der Waals surface area contributed by atoms with E-state index in [1.54, 1.807) is 6.07 Å². The van der Waals surface area contributed by atoms with Crippen LogP contribution >= 0.6 is 11.3 Å². The van der Waals surface area contributed by atoms with Gasteiger partial charge in [-0.05, 0) is 41.8 Å². The Hall–Kier alpha value is -3.27. The van der Waals surface area contributed by atoms with Gasteiger partial charge in [-0.1, -0.05) is 24.3 Å². The molecule has 0 fully saturated rings. The number of amides is 1. The summed E-state index contributed by atoms with van der Waals surface area (Å²) in [5.41, 5.74) is 2.08. The van der Waals surface area contributed by atoms with E-state index in [-0.39, 0.29) is 16.5 Å². The Balaban J connectivity index is 1.79. The number of methoxy groups -OCH3 is 1. The summed E-state index contributed by atoms with van der Waals surface area (Å²) in [7, 11) is 0.685. The Morgan fingerprint density at radius 1 is 1.06 bits per heavy atom. The maximum atomic E-state index is 13.4. The van der Waals surface area contributed by atoms with Gasteiger partial charge in [0.15, 0.2) is 0 Å². The number of pyridine rings is 1. The Bertz CT molecular complexity index is 1400. The smallest absolute Gasteiger partial charge is 0.256 e. The summed E-state index contributed by atoms with van der Waals surface area (Å²) in [6, 6.07) is 17.4. The second-order valence-corrected chi connectivity index (χ2v) is 10.3. The number of hydrogen-bond donors (Lipinski definition) is 1. The maximum absolute atomic E-state index is 13.4. The number of fused-ring (bicyclic) bond motifs is 1. The zero-order valence-electron chi connectivity index (χ0n) is 17.7. The Morgan fingerprint density at radius 2 is 1.84 bits per heavy atom. The summed E-state index contributed by atoms with van der Waals surface area (Å²) in [4.78, 5) is 19.0. The van der Waals surface area contributed by atoms with E-state index in [0.717, 1.165) is 9.18 Å². The van der Waals surface area contributed by atoms with E-state index in [9.17, 15) is 13.2 Å². The average Bonchev–Trinajstić information content (AvgIpc) is 3.33. The molecule has 2 aromatic carbocycles. The molecule has 0 atom stereocenters. The van der Waals surface area contributed by atoms with Crippen LogP contribution in [0.3, 0.4) is 0 Å². The van der Waals surface area contributed by atoms with E-state index in [4.69, 9.17) is 4.74 Å². The molecule has 4 rings (SSSR count). The number of sulfonamides is 1. The maximum Gasteiger partial charge on any atom is 0.256 e. The molecule has 7 nitrogen and oxygen atoms in total. The fourth-order valence-corrected chi connectivity index (χ4v) is 4.87. The molecule has 1 N–H and O–H groups in total. The number of nitrogens with one attached hydrogen (secondary N) is 1. The normalized spacial score (nSPS) is 11.6. The number of anilines is 1. The zero-order valence-corrected chi connectivity index (χ0v) is 19.3. The number of carbonyl (C=O) groups is 1. The van der Waals surface area contributed by atoms with Crippen molar-refractivity contribution < 1.29 is 17.9 Å². The molecule has 32 heavy (non-hydrogen) atoms. The first-order valence-corrected chi connectivity index (χ1v) is 12.0. The van der Waals surface area contributed by atoms with Crippen molar-refractivity contribution in [2.75, 3.05) is 26.5 Å². The van der Waals surface area contributed by atoms with Crippen LogP contribution in [0.4, 0.5) is 5.69 Å². The van der Waals surface area contributed by atoms with Crippen LogP contribution in [-0.4, -0.2) is 44.8 Å². The highest BCUT2D eigenvalue weighted by Gasteiger charge is 2.21. The van der Waals surface area contributed by atoms with Gasteiger partial charge in [-0.2, -0.15) is 0 Å². The number of hydrogen-bond acceptors (Lipinski definition) is 6. The number of rotatable bonds is 6. The highest BCUT2D eigenvalue weighted by Crippen LogP contribution is 2.31. The van der Waals surface area contributed by atoms with Gasteiger partial charge in [0.1, 0.15) is 5.75 Å². The molecule has 0 saturated heterocycles. The number of nitrogens with zero attached hydrogens (tertiary/aromatic N) is 2. The number of para-hydroxylation sites is 1. The summed E-state index contributed by atoms with van der Waals surface area (Å²) in [6.07, 6.45) is 0. The largest absolute Gasteiger partial charge is 0.495 e. The first-order valence-electron chi connectivity index (χ1n) is 9.67. The van der Waals surface area contributed by atoms with Crippen molar-refractivity contribution in [2.45, 2.75) is 4.90 Å². The fraction of sp³-hybridized carbons (Fsp3) is 0.130. The van der Waals surface area contributed by atoms with Crippen LogP contribution < -0.4 is 10.1 Å². The highest BCUT2D eigenvalue weighted by atomic mass is 32.2. The van der Waals surface area contributed by atoms with Gasteiger partial charge in [-0.3, -0.25) is 4.79 Å². The topological polar surface area (TPSA) is 88.6 Å². The number of thiophene rings is 1. The first kappa shape index (κ1) is 21.9. The molecular formula is C23H21N3O4S2. The molecule has 1 amide bonds. The molecule has 0 bridgehead atoms. The second-order valence-electron chi connectivity index (χ2n) is 7.15. The van der Waals surface area contributed by atoms with Crippen molar-refractivity contribution >= 4 is 43.9 Å². The van der Waals surface area contributed by atoms with Crippen LogP contribution in [0.5, 0.6) is 5.75 Å². The molecule has 2 heterocycles. The van der Waals surface area contributed by atoms with Gasteiger partial charge in [-0.25, -0.2) is 17.7 Å². The van der Waals surface area contributed by atoms with Crippen molar-refractivity contribution in [1.82, 2.24) is 9.29 Å². The minimum atomic E-state index is -3.68. The van der Waals surface area contributed by atoms with Crippen LogP contribution in [0.15, 0.2) is 70.9 Å². The van der Waals surface area contributed by atoms with E-state index in [1.165, 1.54) is 50.7 Å². The lowest BCUT2D eigenvalue weighted by molar-refractivity contribution is 0.102. The van der Waals surface area contributed by atoms with Crippen molar-refractivity contribution in [3.05, 3.63) is 71.6 Å². The van der Waals surface area contributed by atoms with Crippen LogP contribution in [0.2, 0.25) is 0 Å². The van der Waals surface area contributed by atoms with Gasteiger partial charge in [0.05, 0.1) is 39.3 Å². The van der Waals surface area contributed by atoms with Gasteiger partial charge in [0.2, 0.25) is 10.0 Å². The molecular weight excluding hydrogens is 446 g/mol. The molecule has 0 aliphatic rings. The monoisotopic (exact) mass is 467 g/mol. The Kier molecular flexibility index (Phi) is 5.96. The third kappa shape index (κ3) is 4.10. The lowest BCUT2D eigenvalue weighted by Gasteiger charge is -2.16. The van der Waals surface area contributed by atoms with E-state index < -0.39 is 10.0 Å². The Morgan fingerprint density at radius 3 is 2.53 bits per heavy atom. The van der Waals surface area contributed by atoms with Gasteiger partial charge in [-0.15, -0.1) is 11.3 Å². The molecule has 2 aromatic heterocycles. The summed E-state index contributed by atoms with van der Waals surface area (Å²) < 4.78 is 31.6. The third-order valence-electron chi connectivity index (χ3n) is 4.93. The predicted molar refractivity (Wildman–Crippen MR) is 127 cm³/mol. The van der Waals surface area contributed by atoms with E-state index >= 15 is 0 Å². The quantitative estimate of drug-likeness (QED) is 0.452. The minimum absolute atomic E-state index is 0.0532. The lowest BCUT2D eigenvalue weighted by atomic mass is 10.1. The zero-order chi connectivity index (χ0) is 22.9. The number of ether oxygens (including phenoxy) is 1. The molecule has 0 aliphatic carbocycles. The molecule has 0 spiro atoms. The number of carbonyl (C=O) groups excluding carboxylic acids is 1. The van der Waals surface area contributed by atoms with Crippen LogP contribution in [-0.2, 0) is 10.0 Å². The van der Waals surface area contributed by atoms with Gasteiger partial charge >= 0.3 is 0 Å². The second kappa shape index (κ2) is 8.70. The van der Waals surface area contributed by atoms with Gasteiger partial charge in [0.25, 0.3) is 5.91 Å². The standard InChI is InChI=1S/C23H21N3O4S2/c1-26(2)32(28,29)15-10-11-21(30-3)19(13-15)25-23(27)17-14-20(22-9-6-12-31-22)24-18-8-5-4-7-16(17)18/h4-14H,1-3H3,(H,25,27).